The van der Waals surface area contributed by atoms with Crippen molar-refractivity contribution in [3.8, 4) is 0 Å². The van der Waals surface area contributed by atoms with Crippen LogP contribution in [0, 0.1) is 0 Å². The van der Waals surface area contributed by atoms with Crippen LogP contribution in [-0.4, -0.2) is 16.9 Å². The van der Waals surface area contributed by atoms with E-state index in [1.807, 2.05) is 12.1 Å². The predicted octanol–water partition coefficient (Wildman–Crippen LogP) is 3.56. The molecule has 0 amide bonds. The van der Waals surface area contributed by atoms with Crippen LogP contribution >= 0.6 is 0 Å². The van der Waals surface area contributed by atoms with E-state index >= 15 is 0 Å². The number of carbonyl (C=O) groups is 2. The molecule has 0 aromatic heterocycles. The van der Waals surface area contributed by atoms with Gasteiger partial charge in [-0.05, 0) is 30.4 Å². The first-order chi connectivity index (χ1) is 9.16. The fourth-order valence-electron chi connectivity index (χ4n) is 2.60. The Bertz CT molecular complexity index is 479. The van der Waals surface area contributed by atoms with Gasteiger partial charge in [0, 0.05) is 11.6 Å². The molecule has 0 bridgehead atoms. The largest absolute Gasteiger partial charge is 0.478 e. The summed E-state index contributed by atoms with van der Waals surface area (Å²) in [5.74, 6) is -0.753. The average Bonchev–Trinajstić information content (AvgIpc) is 2.46. The number of carbonyl (C=O) groups excluding carboxylic acids is 1. The van der Waals surface area contributed by atoms with Gasteiger partial charge in [-0.15, -0.1) is 0 Å². The number of hydrogen-bond acceptors (Lipinski definition) is 2. The molecule has 1 aromatic carbocycles. The van der Waals surface area contributed by atoms with E-state index in [2.05, 4.69) is 0 Å². The highest BCUT2D eigenvalue weighted by atomic mass is 16.4. The quantitative estimate of drug-likeness (QED) is 0.663. The van der Waals surface area contributed by atoms with Gasteiger partial charge in [0.05, 0.1) is 0 Å². The number of hydrogen-bond donors (Lipinski definition) is 1. The van der Waals surface area contributed by atoms with Crippen LogP contribution in [0.3, 0.4) is 0 Å². The van der Waals surface area contributed by atoms with E-state index in [4.69, 9.17) is 5.11 Å². The second-order valence-electron chi connectivity index (χ2n) is 4.99. The Balaban J connectivity index is 2.05. The maximum atomic E-state index is 11.7. The van der Waals surface area contributed by atoms with E-state index in [0.29, 0.717) is 11.5 Å². The molecule has 1 aliphatic carbocycles. The fraction of sp³-hybridized carbons (Fsp3) is 0.375. The molecule has 100 valence electrons. The first kappa shape index (κ1) is 13.5. The number of ketones is 1. The third kappa shape index (κ3) is 3.78. The molecule has 1 saturated carbocycles. The Kier molecular flexibility index (Phi) is 4.50. The molecule has 1 N–H and O–H groups in total. The summed E-state index contributed by atoms with van der Waals surface area (Å²) >= 11 is 0. The van der Waals surface area contributed by atoms with Crippen molar-refractivity contribution in [3.05, 3.63) is 47.5 Å². The summed E-state index contributed by atoms with van der Waals surface area (Å²) in [6, 6.07) is 7.58. The van der Waals surface area contributed by atoms with Crippen LogP contribution in [-0.2, 0) is 4.79 Å². The minimum Gasteiger partial charge on any atom is -0.478 e. The third-order valence-corrected chi connectivity index (χ3v) is 3.65. The van der Waals surface area contributed by atoms with Gasteiger partial charge in [0.25, 0.3) is 0 Å². The van der Waals surface area contributed by atoms with Crippen LogP contribution in [0.5, 0.6) is 0 Å². The summed E-state index contributed by atoms with van der Waals surface area (Å²) < 4.78 is 0. The van der Waals surface area contributed by atoms with Gasteiger partial charge in [0.2, 0.25) is 0 Å². The summed E-state index contributed by atoms with van der Waals surface area (Å²) in [7, 11) is 0. The first-order valence-corrected chi connectivity index (χ1v) is 6.72. The van der Waals surface area contributed by atoms with Gasteiger partial charge in [-0.2, -0.15) is 0 Å². The Hall–Kier alpha value is -1.90. The molecule has 1 fully saturated rings. The smallest absolute Gasteiger partial charge is 0.328 e. The molecule has 1 aromatic rings. The molecule has 1 aliphatic rings. The van der Waals surface area contributed by atoms with Crippen molar-refractivity contribution in [2.75, 3.05) is 0 Å². The zero-order valence-corrected chi connectivity index (χ0v) is 10.8. The zero-order chi connectivity index (χ0) is 13.7. The molecule has 0 unspecified atom stereocenters. The Morgan fingerprint density at radius 2 is 1.63 bits per heavy atom. The van der Waals surface area contributed by atoms with E-state index in [0.717, 1.165) is 12.2 Å². The minimum atomic E-state index is -1.10. The summed E-state index contributed by atoms with van der Waals surface area (Å²) in [5, 5.41) is 8.48. The summed E-state index contributed by atoms with van der Waals surface area (Å²) in [6.45, 7) is 0. The van der Waals surface area contributed by atoms with Crippen LogP contribution < -0.4 is 0 Å². The Morgan fingerprint density at radius 1 is 1.00 bits per heavy atom. The molecular formula is C16H18O3. The SMILES string of the molecule is O=C(O)/C=C/C(=O)c1ccc(C2CCCCC2)cc1. The lowest BCUT2D eigenvalue weighted by atomic mass is 9.84. The lowest BCUT2D eigenvalue weighted by molar-refractivity contribution is -0.131. The molecule has 3 heteroatoms. The van der Waals surface area contributed by atoms with Crippen molar-refractivity contribution in [3.63, 3.8) is 0 Å². The number of rotatable bonds is 4. The summed E-state index contributed by atoms with van der Waals surface area (Å²) in [5.41, 5.74) is 1.83. The summed E-state index contributed by atoms with van der Waals surface area (Å²) in [6.07, 6.45) is 8.32. The van der Waals surface area contributed by atoms with E-state index in [1.54, 1.807) is 12.1 Å². The number of benzene rings is 1. The topological polar surface area (TPSA) is 54.4 Å². The van der Waals surface area contributed by atoms with E-state index in [9.17, 15) is 9.59 Å². The predicted molar refractivity (Wildman–Crippen MR) is 73.4 cm³/mol. The Labute approximate surface area is 113 Å². The summed E-state index contributed by atoms with van der Waals surface area (Å²) in [4.78, 5) is 22.0. The molecule has 2 rings (SSSR count). The van der Waals surface area contributed by atoms with Crippen molar-refractivity contribution < 1.29 is 14.7 Å². The average molecular weight is 258 g/mol. The highest BCUT2D eigenvalue weighted by Crippen LogP contribution is 2.32. The molecular weight excluding hydrogens is 240 g/mol. The van der Waals surface area contributed by atoms with Gasteiger partial charge in [-0.25, -0.2) is 4.79 Å². The molecule has 0 atom stereocenters. The second-order valence-corrected chi connectivity index (χ2v) is 4.99. The minimum absolute atomic E-state index is 0.266. The number of carboxylic acid groups (broad SMARTS) is 1. The molecule has 0 spiro atoms. The standard InChI is InChI=1S/C16H18O3/c17-15(10-11-16(18)19)14-8-6-13(7-9-14)12-4-2-1-3-5-12/h6-12H,1-5H2,(H,18,19)/b11-10+. The van der Waals surface area contributed by atoms with Crippen LogP contribution in [0.2, 0.25) is 0 Å². The van der Waals surface area contributed by atoms with Crippen LogP contribution in [0.15, 0.2) is 36.4 Å². The van der Waals surface area contributed by atoms with Gasteiger partial charge in [-0.3, -0.25) is 4.79 Å². The van der Waals surface area contributed by atoms with E-state index in [-0.39, 0.29) is 5.78 Å². The molecule has 0 radical (unpaired) electrons. The van der Waals surface area contributed by atoms with Gasteiger partial charge in [0.15, 0.2) is 5.78 Å². The maximum Gasteiger partial charge on any atom is 0.328 e. The number of carboxylic acids is 1. The normalized spacial score (nSPS) is 16.6. The van der Waals surface area contributed by atoms with Crippen molar-refractivity contribution in [1.29, 1.82) is 0 Å². The molecule has 0 aliphatic heterocycles. The van der Waals surface area contributed by atoms with Crippen LogP contribution in [0.25, 0.3) is 0 Å². The maximum absolute atomic E-state index is 11.7. The van der Waals surface area contributed by atoms with Gasteiger partial charge in [0.1, 0.15) is 0 Å². The lowest BCUT2D eigenvalue weighted by Crippen LogP contribution is -2.05. The van der Waals surface area contributed by atoms with Crippen molar-refractivity contribution in [2.24, 2.45) is 0 Å². The lowest BCUT2D eigenvalue weighted by Gasteiger charge is -2.21. The zero-order valence-electron chi connectivity index (χ0n) is 10.8. The Morgan fingerprint density at radius 3 is 2.21 bits per heavy atom. The third-order valence-electron chi connectivity index (χ3n) is 3.65. The fourth-order valence-corrected chi connectivity index (χ4v) is 2.60. The van der Waals surface area contributed by atoms with Gasteiger partial charge < -0.3 is 5.11 Å². The molecule has 19 heavy (non-hydrogen) atoms. The number of aliphatic carboxylic acids is 1. The molecule has 3 nitrogen and oxygen atoms in total. The van der Waals surface area contributed by atoms with Gasteiger partial charge >= 0.3 is 5.97 Å². The van der Waals surface area contributed by atoms with Crippen molar-refractivity contribution in [2.45, 2.75) is 38.0 Å². The number of allylic oxidation sites excluding steroid dienone is 1. The molecule has 0 saturated heterocycles. The van der Waals surface area contributed by atoms with Crippen LogP contribution in [0.4, 0.5) is 0 Å². The first-order valence-electron chi connectivity index (χ1n) is 6.72. The van der Waals surface area contributed by atoms with Crippen molar-refractivity contribution in [1.82, 2.24) is 0 Å². The monoisotopic (exact) mass is 258 g/mol. The van der Waals surface area contributed by atoms with E-state index < -0.39 is 5.97 Å². The van der Waals surface area contributed by atoms with E-state index in [1.165, 1.54) is 37.7 Å². The highest BCUT2D eigenvalue weighted by molar-refractivity contribution is 6.06. The van der Waals surface area contributed by atoms with Crippen molar-refractivity contribution >= 4 is 11.8 Å². The highest BCUT2D eigenvalue weighted by Gasteiger charge is 2.15. The second kappa shape index (κ2) is 6.32. The van der Waals surface area contributed by atoms with Crippen LogP contribution in [0.1, 0.15) is 53.9 Å². The molecule has 0 heterocycles. The van der Waals surface area contributed by atoms with Gasteiger partial charge in [-0.1, -0.05) is 43.5 Å².